The fourth-order valence-electron chi connectivity index (χ4n) is 5.78. The number of H-pyrrole nitrogens is 2. The van der Waals surface area contributed by atoms with E-state index in [4.69, 9.17) is 0 Å². The molecule has 3 aromatic heterocycles. The molecule has 4 nitrogen and oxygen atoms in total. The third-order valence-electron chi connectivity index (χ3n) is 8.90. The molecule has 5 rings (SSSR count). The van der Waals surface area contributed by atoms with Gasteiger partial charge in [-0.3, -0.25) is 0 Å². The van der Waals surface area contributed by atoms with E-state index in [1.807, 2.05) is 4.98 Å². The summed E-state index contributed by atoms with van der Waals surface area (Å²) in [7, 11) is 0. The van der Waals surface area contributed by atoms with Gasteiger partial charge in [-0.2, -0.15) is 123 Å². The van der Waals surface area contributed by atoms with E-state index < -0.39 is 146 Å². The number of rotatable bonds is 8. The maximum Gasteiger partial charge on any atom is 0.460 e. The summed E-state index contributed by atoms with van der Waals surface area (Å²) in [6.07, 6.45) is -31.0. The molecule has 2 aliphatic rings. The maximum absolute atomic E-state index is 16.2. The van der Waals surface area contributed by atoms with E-state index in [1.54, 1.807) is 0 Å². The molecule has 0 unspecified atom stereocenters. The van der Waals surface area contributed by atoms with Crippen molar-refractivity contribution in [1.82, 2.24) is 19.9 Å². The van der Waals surface area contributed by atoms with Crippen LogP contribution < -0.4 is 0 Å². The van der Waals surface area contributed by atoms with Gasteiger partial charge in [0.25, 0.3) is 0 Å². The average molecular weight is 1180 g/mol. The summed E-state index contributed by atoms with van der Waals surface area (Å²) < 4.78 is 408. The molecule has 0 saturated carbocycles. The van der Waals surface area contributed by atoms with Gasteiger partial charge >= 0.3 is 72.1 Å². The molecule has 3 aromatic rings. The SMILES string of the molecule is FC(F)(F)C(F)(F)C(F)(F)C1=C(C(F)(F)C(F)(F)C(F)(F)F)c2nc1cc1nc(cc3ccc(cc4cc(C(F)(F)C(F)(F)C(F)(F)F)c([nH]4)c2C(F)(F)C(F)(F)C(F)(F)F)[nH]3)C=C1.[Pt]. The summed E-state index contributed by atoms with van der Waals surface area (Å²) in [5.41, 5.74) is -34.6. The number of allylic oxidation sites excluding steroid dienone is 2. The van der Waals surface area contributed by atoms with Gasteiger partial charge in [0.15, 0.2) is 0 Å². The van der Waals surface area contributed by atoms with Crippen molar-refractivity contribution < 1.29 is 144 Å². The van der Waals surface area contributed by atoms with Gasteiger partial charge in [-0.15, -0.1) is 0 Å². The van der Waals surface area contributed by atoms with Crippen LogP contribution in [-0.2, 0) is 32.9 Å². The zero-order valence-electron chi connectivity index (χ0n) is 29.4. The van der Waals surface area contributed by atoms with Crippen molar-refractivity contribution in [1.29, 1.82) is 0 Å². The minimum absolute atomic E-state index is 0. The van der Waals surface area contributed by atoms with Crippen molar-refractivity contribution in [3.8, 4) is 0 Å². The number of halogens is 28. The van der Waals surface area contributed by atoms with E-state index in [0.29, 0.717) is 17.1 Å². The van der Waals surface area contributed by atoms with E-state index in [-0.39, 0.29) is 32.6 Å². The molecule has 33 heteroatoms. The van der Waals surface area contributed by atoms with Crippen LogP contribution in [0.1, 0.15) is 33.9 Å². The number of nitrogens with one attached hydrogen (secondary N) is 2. The van der Waals surface area contributed by atoms with Crippen molar-refractivity contribution in [2.45, 2.75) is 72.1 Å². The van der Waals surface area contributed by atoms with E-state index in [1.165, 1.54) is 0 Å². The number of aromatic amines is 2. The largest absolute Gasteiger partial charge is 0.460 e. The summed E-state index contributed by atoms with van der Waals surface area (Å²) in [4.78, 5) is 8.36. The van der Waals surface area contributed by atoms with Gasteiger partial charge in [-0.1, -0.05) is 0 Å². The zero-order valence-corrected chi connectivity index (χ0v) is 31.7. The summed E-state index contributed by atoms with van der Waals surface area (Å²) in [5, 5.41) is 0. The quantitative estimate of drug-likeness (QED) is 0.173. The molecule has 5 heterocycles. The van der Waals surface area contributed by atoms with Crippen molar-refractivity contribution in [3.63, 3.8) is 0 Å². The van der Waals surface area contributed by atoms with E-state index >= 15 is 35.1 Å². The Morgan fingerprint density at radius 3 is 1.20 bits per heavy atom. The Kier molecular flexibility index (Phi) is 12.4. The summed E-state index contributed by atoms with van der Waals surface area (Å²) >= 11 is 0. The Hall–Kier alpha value is -4.67. The molecule has 0 aliphatic carbocycles. The number of aromatic nitrogens is 4. The summed E-state index contributed by atoms with van der Waals surface area (Å²) in [6.45, 7) is 0. The Balaban J connectivity index is 0.00000925. The van der Waals surface area contributed by atoms with Crippen molar-refractivity contribution in [2.75, 3.05) is 0 Å². The van der Waals surface area contributed by atoms with Crippen molar-refractivity contribution in [3.05, 3.63) is 70.3 Å². The maximum atomic E-state index is 16.2. The Morgan fingerprint density at radius 2 is 0.754 bits per heavy atom. The Morgan fingerprint density at radius 1 is 0.369 bits per heavy atom. The molecular formula is C32H10F28N4Pt. The zero-order chi connectivity index (χ0) is 49.4. The van der Waals surface area contributed by atoms with Gasteiger partial charge in [0.05, 0.1) is 50.6 Å². The van der Waals surface area contributed by atoms with Crippen LogP contribution in [0.2, 0.25) is 0 Å². The summed E-state index contributed by atoms with van der Waals surface area (Å²) in [5.74, 6) is -65.1. The van der Waals surface area contributed by atoms with Gasteiger partial charge in [0.2, 0.25) is 0 Å². The molecule has 0 spiro atoms. The Bertz CT molecular complexity index is 2580. The topological polar surface area (TPSA) is 57.4 Å². The minimum atomic E-state index is -8.44. The van der Waals surface area contributed by atoms with Gasteiger partial charge in [-0.05, 0) is 48.6 Å². The molecule has 0 saturated heterocycles. The molecule has 0 fully saturated rings. The molecular weight excluding hydrogens is 1170 g/mol. The van der Waals surface area contributed by atoms with Gasteiger partial charge in [0, 0.05) is 37.6 Å². The van der Waals surface area contributed by atoms with Crippen LogP contribution in [0.5, 0.6) is 0 Å². The smallest absolute Gasteiger partial charge is 0.355 e. The van der Waals surface area contributed by atoms with E-state index in [0.717, 1.165) is 18.2 Å². The van der Waals surface area contributed by atoms with Crippen molar-refractivity contribution >= 4 is 45.4 Å². The molecule has 364 valence electrons. The normalized spacial score (nSPS) is 15.8. The number of alkyl halides is 28. The molecule has 2 aliphatic heterocycles. The summed E-state index contributed by atoms with van der Waals surface area (Å²) in [6, 6.07) is 0.524. The van der Waals surface area contributed by atoms with E-state index in [9.17, 15) is 87.8 Å². The number of hydrogen-bond donors (Lipinski definition) is 2. The van der Waals surface area contributed by atoms with Crippen LogP contribution in [0.4, 0.5) is 123 Å². The number of nitrogens with zero attached hydrogens (tertiary/aromatic N) is 2. The van der Waals surface area contributed by atoms with Gasteiger partial charge < -0.3 is 9.97 Å². The second-order valence-corrected chi connectivity index (χ2v) is 13.2. The first kappa shape index (κ1) is 52.9. The third-order valence-corrected chi connectivity index (χ3v) is 8.90. The van der Waals surface area contributed by atoms with Gasteiger partial charge in [0.1, 0.15) is 0 Å². The van der Waals surface area contributed by atoms with Crippen LogP contribution in [0.25, 0.3) is 45.4 Å². The second kappa shape index (κ2) is 15.2. The van der Waals surface area contributed by atoms with Crippen molar-refractivity contribution in [2.24, 2.45) is 0 Å². The first-order chi connectivity index (χ1) is 28.3. The molecule has 0 atom stereocenters. The molecule has 8 bridgehead atoms. The second-order valence-electron chi connectivity index (χ2n) is 13.2. The number of fused-ring (bicyclic) bond motifs is 8. The molecule has 0 aromatic carbocycles. The van der Waals surface area contributed by atoms with Gasteiger partial charge in [-0.25, -0.2) is 9.97 Å². The number of hydrogen-bond acceptors (Lipinski definition) is 2. The predicted octanol–water partition coefficient (Wildman–Crippen LogP) is 13.6. The molecule has 2 N–H and O–H groups in total. The van der Waals surface area contributed by atoms with Crippen LogP contribution in [0.15, 0.2) is 36.4 Å². The standard InChI is InChI=1S/C32H10F28N4.Pt/c33-21(34,25(41,42)29(49,50)51)14-7-13-6-11-2-1-9(61-11)5-10-3-4-12(62-10)8-15-16(22(35,36)26(43,44)30(52,53)54)17(23(37,38)27(45,46)31(55,56)57)20(64-15)18(19(14)63-13)24(39,40)28(47,48)32(58,59)60;/h1-8,61,63H;. The monoisotopic (exact) mass is 1180 g/mol. The average Bonchev–Trinajstić information content (AvgIpc) is 3.90. The predicted molar refractivity (Wildman–Crippen MR) is 158 cm³/mol. The first-order valence-corrected chi connectivity index (χ1v) is 15.8. The van der Waals surface area contributed by atoms with Crippen LogP contribution in [-0.4, -0.2) is 80.2 Å². The van der Waals surface area contributed by atoms with E-state index in [2.05, 4.69) is 9.97 Å². The first-order valence-electron chi connectivity index (χ1n) is 15.8. The fraction of sp³-hybridized carbons (Fsp3) is 0.375. The molecule has 0 amide bonds. The minimum Gasteiger partial charge on any atom is -0.355 e. The molecule has 65 heavy (non-hydrogen) atoms. The Labute approximate surface area is 351 Å². The fourth-order valence-corrected chi connectivity index (χ4v) is 5.78. The van der Waals surface area contributed by atoms with Crippen LogP contribution >= 0.6 is 0 Å². The molecule has 0 radical (unpaired) electrons. The van der Waals surface area contributed by atoms with Crippen LogP contribution in [0, 0.1) is 0 Å². The third kappa shape index (κ3) is 7.88. The van der Waals surface area contributed by atoms with Crippen LogP contribution in [0.3, 0.4) is 0 Å².